The largest absolute Gasteiger partial charge is 0.480 e. The first-order chi connectivity index (χ1) is 8.84. The number of carboxylic acids is 1. The quantitative estimate of drug-likeness (QED) is 0.789. The number of benzene rings is 1. The lowest BCUT2D eigenvalue weighted by Crippen LogP contribution is -2.41. The number of hydrogen-bond donors (Lipinski definition) is 2. The van der Waals surface area contributed by atoms with Crippen molar-refractivity contribution in [1.29, 1.82) is 0 Å². The Labute approximate surface area is 121 Å². The van der Waals surface area contributed by atoms with Crippen molar-refractivity contribution in [1.82, 2.24) is 4.72 Å². The summed E-state index contributed by atoms with van der Waals surface area (Å²) >= 11 is 3.26. The minimum absolute atomic E-state index is 0.236. The Balaban J connectivity index is 2.78. The molecule has 0 radical (unpaired) electrons. The number of hydrogen-bond acceptors (Lipinski definition) is 3. The van der Waals surface area contributed by atoms with Gasteiger partial charge in [0.25, 0.3) is 0 Å². The lowest BCUT2D eigenvalue weighted by atomic mass is 10.2. The fraction of sp³-hybridized carbons (Fsp3) is 0.417. The zero-order valence-corrected chi connectivity index (χ0v) is 12.9. The van der Waals surface area contributed by atoms with Crippen molar-refractivity contribution in [2.75, 3.05) is 0 Å². The molecule has 0 aliphatic heterocycles. The van der Waals surface area contributed by atoms with Gasteiger partial charge in [0.2, 0.25) is 10.0 Å². The molecule has 1 aromatic carbocycles. The van der Waals surface area contributed by atoms with E-state index in [1.165, 1.54) is 0 Å². The van der Waals surface area contributed by atoms with Crippen molar-refractivity contribution in [2.45, 2.75) is 31.6 Å². The van der Waals surface area contributed by atoms with Crippen LogP contribution in [0.3, 0.4) is 0 Å². The van der Waals surface area contributed by atoms with Crippen molar-refractivity contribution < 1.29 is 18.3 Å². The molecule has 0 saturated heterocycles. The molecular weight excluding hydrogens is 334 g/mol. The van der Waals surface area contributed by atoms with Gasteiger partial charge in [-0.1, -0.05) is 41.4 Å². The van der Waals surface area contributed by atoms with Crippen LogP contribution in [0.1, 0.15) is 25.3 Å². The van der Waals surface area contributed by atoms with Crippen LogP contribution in [0.4, 0.5) is 0 Å². The first-order valence-corrected chi connectivity index (χ1v) is 8.26. The number of halogens is 1. The number of sulfonamides is 1. The normalized spacial score (nSPS) is 13.2. The van der Waals surface area contributed by atoms with Crippen molar-refractivity contribution in [3.8, 4) is 0 Å². The highest BCUT2D eigenvalue weighted by Crippen LogP contribution is 2.14. The van der Waals surface area contributed by atoms with Crippen molar-refractivity contribution >= 4 is 31.9 Å². The van der Waals surface area contributed by atoms with Gasteiger partial charge in [-0.3, -0.25) is 4.79 Å². The highest BCUT2D eigenvalue weighted by atomic mass is 79.9. The van der Waals surface area contributed by atoms with Crippen LogP contribution in [0.2, 0.25) is 0 Å². The number of rotatable bonds is 7. The molecule has 0 bridgehead atoms. The molecule has 7 heteroatoms. The summed E-state index contributed by atoms with van der Waals surface area (Å²) in [5.41, 5.74) is 0.600. The van der Waals surface area contributed by atoms with Gasteiger partial charge in [-0.2, -0.15) is 0 Å². The minimum atomic E-state index is -3.67. The smallest absolute Gasteiger partial charge is 0.321 e. The molecule has 0 aromatic heterocycles. The van der Waals surface area contributed by atoms with E-state index >= 15 is 0 Å². The number of carbonyl (C=O) groups is 1. The van der Waals surface area contributed by atoms with Crippen LogP contribution >= 0.6 is 15.9 Å². The summed E-state index contributed by atoms with van der Waals surface area (Å²) in [4.78, 5) is 10.9. The molecule has 19 heavy (non-hydrogen) atoms. The van der Waals surface area contributed by atoms with Crippen LogP contribution in [-0.2, 0) is 20.6 Å². The second-order valence-electron chi connectivity index (χ2n) is 4.19. The molecule has 0 spiro atoms. The average Bonchev–Trinajstić information content (AvgIpc) is 2.27. The van der Waals surface area contributed by atoms with Gasteiger partial charge >= 0.3 is 5.97 Å². The van der Waals surface area contributed by atoms with E-state index in [9.17, 15) is 13.2 Å². The van der Waals surface area contributed by atoms with Gasteiger partial charge in [0, 0.05) is 4.47 Å². The van der Waals surface area contributed by atoms with Gasteiger partial charge in [0.1, 0.15) is 6.04 Å². The van der Waals surface area contributed by atoms with E-state index in [1.807, 2.05) is 0 Å². The molecule has 5 nitrogen and oxygen atoms in total. The average molecular weight is 350 g/mol. The van der Waals surface area contributed by atoms with Gasteiger partial charge in [-0.15, -0.1) is 0 Å². The molecule has 0 aliphatic rings. The van der Waals surface area contributed by atoms with E-state index < -0.39 is 22.0 Å². The van der Waals surface area contributed by atoms with Gasteiger partial charge in [0.15, 0.2) is 0 Å². The fourth-order valence-electron chi connectivity index (χ4n) is 1.63. The summed E-state index contributed by atoms with van der Waals surface area (Å²) in [5.74, 6) is -1.39. The number of aliphatic carboxylic acids is 1. The SMILES string of the molecule is CCCC(NS(=O)(=O)Cc1cccc(Br)c1)C(=O)O. The summed E-state index contributed by atoms with van der Waals surface area (Å²) in [5, 5.41) is 8.94. The monoisotopic (exact) mass is 349 g/mol. The van der Waals surface area contributed by atoms with Crippen molar-refractivity contribution in [2.24, 2.45) is 0 Å². The number of nitrogens with one attached hydrogen (secondary N) is 1. The molecule has 0 fully saturated rings. The maximum absolute atomic E-state index is 11.9. The van der Waals surface area contributed by atoms with E-state index in [0.717, 1.165) is 4.47 Å². The lowest BCUT2D eigenvalue weighted by Gasteiger charge is -2.14. The Kier molecular flexibility index (Phi) is 5.96. The predicted octanol–water partition coefficient (Wildman–Crippen LogP) is 2.12. The Hall–Kier alpha value is -0.920. The number of carboxylic acid groups (broad SMARTS) is 1. The zero-order chi connectivity index (χ0) is 14.5. The summed E-state index contributed by atoms with van der Waals surface area (Å²) in [7, 11) is -3.67. The molecule has 1 aromatic rings. The van der Waals surface area contributed by atoms with Crippen LogP contribution in [-0.4, -0.2) is 25.5 Å². The standard InChI is InChI=1S/C12H16BrNO4S/c1-2-4-11(12(15)16)14-19(17,18)8-9-5-3-6-10(13)7-9/h3,5-7,11,14H,2,4,8H2,1H3,(H,15,16). The third kappa shape index (κ3) is 5.71. The topological polar surface area (TPSA) is 83.5 Å². The van der Waals surface area contributed by atoms with Gasteiger partial charge in [0.05, 0.1) is 5.75 Å². The van der Waals surface area contributed by atoms with Crippen LogP contribution in [0.5, 0.6) is 0 Å². The van der Waals surface area contributed by atoms with E-state index in [1.54, 1.807) is 31.2 Å². The highest BCUT2D eigenvalue weighted by Gasteiger charge is 2.23. The Morgan fingerprint density at radius 3 is 2.68 bits per heavy atom. The van der Waals surface area contributed by atoms with Crippen LogP contribution < -0.4 is 4.72 Å². The third-order valence-electron chi connectivity index (χ3n) is 2.44. The molecule has 1 rings (SSSR count). The van der Waals surface area contributed by atoms with Crippen molar-refractivity contribution in [3.63, 3.8) is 0 Å². The summed E-state index contributed by atoms with van der Waals surface area (Å²) in [6.45, 7) is 1.80. The molecule has 0 amide bonds. The van der Waals surface area contributed by atoms with Crippen molar-refractivity contribution in [3.05, 3.63) is 34.3 Å². The van der Waals surface area contributed by atoms with E-state index in [0.29, 0.717) is 12.0 Å². The first kappa shape index (κ1) is 16.1. The zero-order valence-electron chi connectivity index (χ0n) is 10.5. The van der Waals surface area contributed by atoms with E-state index in [2.05, 4.69) is 20.7 Å². The molecule has 0 heterocycles. The maximum Gasteiger partial charge on any atom is 0.321 e. The third-order valence-corrected chi connectivity index (χ3v) is 4.29. The Morgan fingerprint density at radius 1 is 1.47 bits per heavy atom. The Morgan fingerprint density at radius 2 is 2.16 bits per heavy atom. The van der Waals surface area contributed by atoms with Gasteiger partial charge in [-0.25, -0.2) is 13.1 Å². The predicted molar refractivity (Wildman–Crippen MR) is 76.2 cm³/mol. The van der Waals surface area contributed by atoms with E-state index in [-0.39, 0.29) is 12.2 Å². The van der Waals surface area contributed by atoms with Gasteiger partial charge in [-0.05, 0) is 24.1 Å². The Bertz CT molecular complexity index is 544. The summed E-state index contributed by atoms with van der Waals surface area (Å²) in [6, 6.07) is 5.83. The summed E-state index contributed by atoms with van der Waals surface area (Å²) < 4.78 is 26.8. The first-order valence-electron chi connectivity index (χ1n) is 5.81. The van der Waals surface area contributed by atoms with Crippen LogP contribution in [0.15, 0.2) is 28.7 Å². The van der Waals surface area contributed by atoms with Crippen LogP contribution in [0, 0.1) is 0 Å². The highest BCUT2D eigenvalue weighted by molar-refractivity contribution is 9.10. The molecule has 106 valence electrons. The molecule has 1 atom stereocenters. The van der Waals surface area contributed by atoms with E-state index in [4.69, 9.17) is 5.11 Å². The second-order valence-corrected chi connectivity index (χ2v) is 6.86. The molecule has 2 N–H and O–H groups in total. The summed E-state index contributed by atoms with van der Waals surface area (Å²) in [6.07, 6.45) is 0.865. The lowest BCUT2D eigenvalue weighted by molar-refractivity contribution is -0.139. The minimum Gasteiger partial charge on any atom is -0.480 e. The molecular formula is C12H16BrNO4S. The van der Waals surface area contributed by atoms with Crippen LogP contribution in [0.25, 0.3) is 0 Å². The second kappa shape index (κ2) is 7.02. The van der Waals surface area contributed by atoms with Gasteiger partial charge < -0.3 is 5.11 Å². The molecule has 0 aliphatic carbocycles. The maximum atomic E-state index is 11.9. The fourth-order valence-corrected chi connectivity index (χ4v) is 3.43. The molecule has 0 saturated carbocycles. The molecule has 1 unspecified atom stereocenters.